The average molecular weight is 259 g/mol. The van der Waals surface area contributed by atoms with Crippen LogP contribution in [0, 0.1) is 5.82 Å². The lowest BCUT2D eigenvalue weighted by Crippen LogP contribution is -2.28. The van der Waals surface area contributed by atoms with Gasteiger partial charge in [0.2, 0.25) is 0 Å². The molecule has 0 bridgehead atoms. The van der Waals surface area contributed by atoms with Crippen LogP contribution >= 0.6 is 15.9 Å². The molecular weight excluding hydrogens is 247 g/mol. The van der Waals surface area contributed by atoms with E-state index in [-0.39, 0.29) is 5.82 Å². The second kappa shape index (κ2) is 4.26. The average Bonchev–Trinajstić information content (AvgIpc) is 2.99. The van der Waals surface area contributed by atoms with E-state index in [1.54, 1.807) is 6.07 Å². The molecule has 1 aliphatic rings. The van der Waals surface area contributed by atoms with Crippen molar-refractivity contribution in [2.24, 2.45) is 0 Å². The third-order valence-electron chi connectivity index (χ3n) is 2.32. The number of halogens is 2. The lowest BCUT2D eigenvalue weighted by Gasteiger charge is -2.22. The predicted octanol–water partition coefficient (Wildman–Crippen LogP) is 2.58. The Bertz CT molecular complexity index is 297. The van der Waals surface area contributed by atoms with E-state index in [4.69, 9.17) is 0 Å². The molecular formula is C10H12BrFN2. The second-order valence-electron chi connectivity index (χ2n) is 3.45. The number of alkyl halides is 1. The Kier molecular flexibility index (Phi) is 3.01. The van der Waals surface area contributed by atoms with Gasteiger partial charge < -0.3 is 4.90 Å². The lowest BCUT2D eigenvalue weighted by atomic mass is 10.4. The van der Waals surface area contributed by atoms with Gasteiger partial charge in [0.05, 0.1) is 6.20 Å². The van der Waals surface area contributed by atoms with Gasteiger partial charge in [-0.25, -0.2) is 9.37 Å². The van der Waals surface area contributed by atoms with E-state index in [9.17, 15) is 4.39 Å². The van der Waals surface area contributed by atoms with Crippen molar-refractivity contribution in [3.05, 3.63) is 24.1 Å². The molecule has 4 heteroatoms. The highest BCUT2D eigenvalue weighted by atomic mass is 79.9. The van der Waals surface area contributed by atoms with Gasteiger partial charge in [-0.3, -0.25) is 0 Å². The van der Waals surface area contributed by atoms with E-state index in [1.807, 2.05) is 0 Å². The van der Waals surface area contributed by atoms with Crippen molar-refractivity contribution in [2.75, 3.05) is 16.8 Å². The van der Waals surface area contributed by atoms with Crippen LogP contribution in [-0.2, 0) is 0 Å². The van der Waals surface area contributed by atoms with Gasteiger partial charge in [0, 0.05) is 17.9 Å². The van der Waals surface area contributed by atoms with Crippen LogP contribution in [0.2, 0.25) is 0 Å². The minimum atomic E-state index is -0.275. The number of rotatable bonds is 4. The minimum absolute atomic E-state index is 0.275. The highest BCUT2D eigenvalue weighted by Gasteiger charge is 2.29. The molecule has 0 unspecified atom stereocenters. The molecule has 1 aliphatic carbocycles. The summed E-state index contributed by atoms with van der Waals surface area (Å²) in [6, 6.07) is 3.83. The Morgan fingerprint density at radius 1 is 1.50 bits per heavy atom. The highest BCUT2D eigenvalue weighted by molar-refractivity contribution is 9.09. The minimum Gasteiger partial charge on any atom is -0.353 e. The molecule has 2 rings (SSSR count). The van der Waals surface area contributed by atoms with Gasteiger partial charge in [-0.05, 0) is 25.0 Å². The van der Waals surface area contributed by atoms with Crippen LogP contribution in [0.25, 0.3) is 0 Å². The highest BCUT2D eigenvalue weighted by Crippen LogP contribution is 2.30. The molecule has 0 N–H and O–H groups in total. The molecule has 14 heavy (non-hydrogen) atoms. The van der Waals surface area contributed by atoms with Gasteiger partial charge in [-0.2, -0.15) is 0 Å². The Balaban J connectivity index is 2.13. The van der Waals surface area contributed by atoms with Gasteiger partial charge in [0.15, 0.2) is 0 Å². The van der Waals surface area contributed by atoms with Crippen molar-refractivity contribution in [1.82, 2.24) is 4.98 Å². The van der Waals surface area contributed by atoms with Crippen molar-refractivity contribution in [1.29, 1.82) is 0 Å². The van der Waals surface area contributed by atoms with Crippen molar-refractivity contribution in [3.8, 4) is 0 Å². The van der Waals surface area contributed by atoms with E-state index < -0.39 is 0 Å². The van der Waals surface area contributed by atoms with Gasteiger partial charge >= 0.3 is 0 Å². The maximum absolute atomic E-state index is 12.7. The summed E-state index contributed by atoms with van der Waals surface area (Å²) in [4.78, 5) is 6.32. The number of pyridine rings is 1. The van der Waals surface area contributed by atoms with Crippen LogP contribution in [0.1, 0.15) is 12.8 Å². The Morgan fingerprint density at radius 2 is 2.29 bits per heavy atom. The lowest BCUT2D eigenvalue weighted by molar-refractivity contribution is 0.620. The normalized spacial score (nSPS) is 15.6. The predicted molar refractivity (Wildman–Crippen MR) is 58.4 cm³/mol. The molecule has 2 nitrogen and oxygen atoms in total. The topological polar surface area (TPSA) is 16.1 Å². The summed E-state index contributed by atoms with van der Waals surface area (Å²) in [5.74, 6) is 0.608. The summed E-state index contributed by atoms with van der Waals surface area (Å²) >= 11 is 3.41. The number of aromatic nitrogens is 1. The maximum Gasteiger partial charge on any atom is 0.141 e. The van der Waals surface area contributed by atoms with Crippen LogP contribution in [-0.4, -0.2) is 22.9 Å². The first-order valence-corrected chi connectivity index (χ1v) is 5.87. The Labute approximate surface area is 91.3 Å². The van der Waals surface area contributed by atoms with Crippen molar-refractivity contribution in [3.63, 3.8) is 0 Å². The zero-order chi connectivity index (χ0) is 9.97. The summed E-state index contributed by atoms with van der Waals surface area (Å²) < 4.78 is 12.7. The van der Waals surface area contributed by atoms with E-state index in [0.717, 1.165) is 17.7 Å². The SMILES string of the molecule is Fc1ccc(N(CCBr)C2CC2)nc1. The molecule has 0 aromatic carbocycles. The first kappa shape index (κ1) is 9.90. The zero-order valence-electron chi connectivity index (χ0n) is 7.79. The molecule has 0 amide bonds. The maximum atomic E-state index is 12.7. The largest absolute Gasteiger partial charge is 0.353 e. The Hall–Kier alpha value is -0.640. The van der Waals surface area contributed by atoms with Gasteiger partial charge in [-0.15, -0.1) is 0 Å². The monoisotopic (exact) mass is 258 g/mol. The third kappa shape index (κ3) is 2.23. The van der Waals surface area contributed by atoms with E-state index in [2.05, 4.69) is 25.8 Å². The smallest absolute Gasteiger partial charge is 0.141 e. The van der Waals surface area contributed by atoms with Crippen LogP contribution in [0.15, 0.2) is 18.3 Å². The van der Waals surface area contributed by atoms with E-state index in [1.165, 1.54) is 25.1 Å². The van der Waals surface area contributed by atoms with Gasteiger partial charge in [-0.1, -0.05) is 15.9 Å². The van der Waals surface area contributed by atoms with Gasteiger partial charge in [0.25, 0.3) is 0 Å². The van der Waals surface area contributed by atoms with Crippen LogP contribution in [0.5, 0.6) is 0 Å². The molecule has 76 valence electrons. The summed E-state index contributed by atoms with van der Waals surface area (Å²) in [6.07, 6.45) is 3.73. The summed E-state index contributed by atoms with van der Waals surface area (Å²) in [5.41, 5.74) is 0. The number of hydrogen-bond acceptors (Lipinski definition) is 2. The summed E-state index contributed by atoms with van der Waals surface area (Å²) in [6.45, 7) is 0.934. The Morgan fingerprint density at radius 3 is 2.79 bits per heavy atom. The van der Waals surface area contributed by atoms with Gasteiger partial charge in [0.1, 0.15) is 11.6 Å². The number of nitrogens with zero attached hydrogens (tertiary/aromatic N) is 2. The molecule has 1 saturated carbocycles. The van der Waals surface area contributed by atoms with Crippen molar-refractivity contribution >= 4 is 21.7 Å². The fraction of sp³-hybridized carbons (Fsp3) is 0.500. The molecule has 0 saturated heterocycles. The number of hydrogen-bond donors (Lipinski definition) is 0. The zero-order valence-corrected chi connectivity index (χ0v) is 9.37. The van der Waals surface area contributed by atoms with E-state index in [0.29, 0.717) is 6.04 Å². The standard InChI is InChI=1S/C10H12BrFN2/c11-5-6-14(9-2-3-9)10-4-1-8(12)7-13-10/h1,4,7,9H,2-3,5-6H2. The summed E-state index contributed by atoms with van der Waals surface area (Å²) in [7, 11) is 0. The van der Waals surface area contributed by atoms with Crippen molar-refractivity contribution < 1.29 is 4.39 Å². The van der Waals surface area contributed by atoms with Crippen molar-refractivity contribution in [2.45, 2.75) is 18.9 Å². The molecule has 0 spiro atoms. The molecule has 1 aromatic rings. The molecule has 1 heterocycles. The van der Waals surface area contributed by atoms with Crippen LogP contribution in [0.4, 0.5) is 10.2 Å². The second-order valence-corrected chi connectivity index (χ2v) is 4.24. The third-order valence-corrected chi connectivity index (χ3v) is 2.67. The fourth-order valence-electron chi connectivity index (χ4n) is 1.50. The molecule has 0 aliphatic heterocycles. The van der Waals surface area contributed by atoms with Crippen LogP contribution in [0.3, 0.4) is 0 Å². The summed E-state index contributed by atoms with van der Waals surface area (Å²) in [5, 5.41) is 0.919. The first-order chi connectivity index (χ1) is 6.81. The van der Waals surface area contributed by atoms with Crippen LogP contribution < -0.4 is 4.90 Å². The molecule has 1 aromatic heterocycles. The van der Waals surface area contributed by atoms with E-state index >= 15 is 0 Å². The fourth-order valence-corrected chi connectivity index (χ4v) is 1.88. The quantitative estimate of drug-likeness (QED) is 0.772. The first-order valence-electron chi connectivity index (χ1n) is 4.75. The molecule has 0 atom stereocenters. The molecule has 0 radical (unpaired) electrons. The number of anilines is 1. The molecule has 1 fully saturated rings.